The molecule has 0 saturated heterocycles. The smallest absolute Gasteiger partial charge is 0.273 e. The minimum atomic E-state index is -0.235. The van der Waals surface area contributed by atoms with E-state index in [-0.39, 0.29) is 5.91 Å². The Balaban J connectivity index is 1.49. The molecule has 8 heteroatoms. The Morgan fingerprint density at radius 2 is 1.87 bits per heavy atom. The van der Waals surface area contributed by atoms with Gasteiger partial charge in [-0.05, 0) is 61.7 Å². The van der Waals surface area contributed by atoms with Crippen molar-refractivity contribution in [2.75, 3.05) is 6.54 Å². The number of H-pyrrole nitrogens is 1. The van der Waals surface area contributed by atoms with Gasteiger partial charge < -0.3 is 10.3 Å². The second-order valence-electron chi connectivity index (χ2n) is 7.14. The van der Waals surface area contributed by atoms with Gasteiger partial charge in [0, 0.05) is 48.3 Å². The van der Waals surface area contributed by atoms with Gasteiger partial charge in [0.1, 0.15) is 12.0 Å². The number of pyridine rings is 1. The van der Waals surface area contributed by atoms with Gasteiger partial charge in [-0.25, -0.2) is 15.4 Å². The SMILES string of the molecule is Cc1[nH]c(C=C2C(=O)NN=C2c2cncnc2)c(C)c1CCNCc1ccncc1. The third kappa shape index (κ3) is 4.18. The normalized spacial score (nSPS) is 14.8. The minimum absolute atomic E-state index is 0.235. The second kappa shape index (κ2) is 8.79. The summed E-state index contributed by atoms with van der Waals surface area (Å²) >= 11 is 0. The quantitative estimate of drug-likeness (QED) is 0.415. The van der Waals surface area contributed by atoms with E-state index in [0.29, 0.717) is 16.8 Å². The number of aryl methyl sites for hydroxylation is 1. The lowest BCUT2D eigenvalue weighted by Crippen LogP contribution is -2.17. The van der Waals surface area contributed by atoms with Crippen molar-refractivity contribution in [1.82, 2.24) is 30.7 Å². The highest BCUT2D eigenvalue weighted by Gasteiger charge is 2.25. The molecule has 4 rings (SSSR count). The van der Waals surface area contributed by atoms with Crippen LogP contribution in [-0.2, 0) is 17.8 Å². The van der Waals surface area contributed by atoms with Crippen molar-refractivity contribution in [2.24, 2.45) is 5.10 Å². The second-order valence-corrected chi connectivity index (χ2v) is 7.14. The first-order chi connectivity index (χ1) is 14.6. The van der Waals surface area contributed by atoms with Crippen molar-refractivity contribution in [3.8, 4) is 0 Å². The van der Waals surface area contributed by atoms with Crippen LogP contribution in [0, 0.1) is 13.8 Å². The molecule has 1 amide bonds. The molecular formula is C22H23N7O. The fourth-order valence-electron chi connectivity index (χ4n) is 3.54. The molecule has 30 heavy (non-hydrogen) atoms. The summed E-state index contributed by atoms with van der Waals surface area (Å²) in [6.07, 6.45) is 11.1. The first-order valence-electron chi connectivity index (χ1n) is 9.76. The van der Waals surface area contributed by atoms with E-state index in [1.54, 1.807) is 24.8 Å². The molecule has 3 aromatic rings. The number of aromatic nitrogens is 4. The molecule has 3 N–H and O–H groups in total. The highest BCUT2D eigenvalue weighted by Crippen LogP contribution is 2.23. The molecule has 4 heterocycles. The lowest BCUT2D eigenvalue weighted by atomic mass is 10.0. The van der Waals surface area contributed by atoms with Crippen LogP contribution in [0.15, 0.2) is 53.9 Å². The van der Waals surface area contributed by atoms with Gasteiger partial charge in [-0.1, -0.05) is 0 Å². The monoisotopic (exact) mass is 401 g/mol. The van der Waals surface area contributed by atoms with Gasteiger partial charge in [-0.2, -0.15) is 5.10 Å². The van der Waals surface area contributed by atoms with E-state index in [1.165, 1.54) is 17.5 Å². The third-order valence-corrected chi connectivity index (χ3v) is 5.15. The van der Waals surface area contributed by atoms with E-state index in [9.17, 15) is 4.79 Å². The zero-order valence-corrected chi connectivity index (χ0v) is 16.9. The van der Waals surface area contributed by atoms with Crippen molar-refractivity contribution >= 4 is 17.7 Å². The number of nitrogens with one attached hydrogen (secondary N) is 3. The van der Waals surface area contributed by atoms with E-state index in [2.05, 4.69) is 49.6 Å². The highest BCUT2D eigenvalue weighted by atomic mass is 16.2. The average Bonchev–Trinajstić information content (AvgIpc) is 3.26. The molecule has 3 aromatic heterocycles. The molecule has 0 unspecified atom stereocenters. The largest absolute Gasteiger partial charge is 0.359 e. The van der Waals surface area contributed by atoms with Crippen LogP contribution in [-0.4, -0.2) is 38.1 Å². The zero-order valence-electron chi connectivity index (χ0n) is 16.9. The summed E-state index contributed by atoms with van der Waals surface area (Å²) in [5, 5.41) is 7.62. The highest BCUT2D eigenvalue weighted by molar-refractivity contribution is 6.33. The van der Waals surface area contributed by atoms with Gasteiger partial charge in [-0.3, -0.25) is 9.78 Å². The van der Waals surface area contributed by atoms with Crippen molar-refractivity contribution in [3.05, 3.63) is 82.5 Å². The van der Waals surface area contributed by atoms with Crippen molar-refractivity contribution in [3.63, 3.8) is 0 Å². The van der Waals surface area contributed by atoms with Gasteiger partial charge in [0.05, 0.1) is 5.57 Å². The first-order valence-corrected chi connectivity index (χ1v) is 9.76. The fourth-order valence-corrected chi connectivity index (χ4v) is 3.54. The fraction of sp³-hybridized carbons (Fsp3) is 0.227. The van der Waals surface area contributed by atoms with Crippen LogP contribution in [0.2, 0.25) is 0 Å². The zero-order chi connectivity index (χ0) is 20.9. The molecule has 0 radical (unpaired) electrons. The number of carbonyl (C=O) groups excluding carboxylic acids is 1. The van der Waals surface area contributed by atoms with Crippen LogP contribution >= 0.6 is 0 Å². The molecule has 0 fully saturated rings. The van der Waals surface area contributed by atoms with E-state index in [1.807, 2.05) is 18.2 Å². The van der Waals surface area contributed by atoms with Gasteiger partial charge in [0.15, 0.2) is 0 Å². The Kier molecular flexibility index (Phi) is 5.76. The summed E-state index contributed by atoms with van der Waals surface area (Å²) in [6, 6.07) is 4.02. The Morgan fingerprint density at radius 1 is 1.10 bits per heavy atom. The molecule has 0 spiro atoms. The van der Waals surface area contributed by atoms with E-state index in [0.717, 1.165) is 36.5 Å². The minimum Gasteiger partial charge on any atom is -0.359 e. The maximum Gasteiger partial charge on any atom is 0.273 e. The molecule has 1 aliphatic heterocycles. The van der Waals surface area contributed by atoms with Gasteiger partial charge >= 0.3 is 0 Å². The Morgan fingerprint density at radius 3 is 2.63 bits per heavy atom. The van der Waals surface area contributed by atoms with Crippen molar-refractivity contribution < 1.29 is 4.79 Å². The first kappa shape index (κ1) is 19.7. The maximum absolute atomic E-state index is 12.3. The van der Waals surface area contributed by atoms with Gasteiger partial charge in [-0.15, -0.1) is 0 Å². The maximum atomic E-state index is 12.3. The summed E-state index contributed by atoms with van der Waals surface area (Å²) in [6.45, 7) is 5.79. The topological polar surface area (TPSA) is 108 Å². The van der Waals surface area contributed by atoms with Crippen LogP contribution in [0.5, 0.6) is 0 Å². The molecule has 0 bridgehead atoms. The number of hydrazone groups is 1. The predicted molar refractivity (Wildman–Crippen MR) is 115 cm³/mol. The summed E-state index contributed by atoms with van der Waals surface area (Å²) < 4.78 is 0. The summed E-state index contributed by atoms with van der Waals surface area (Å²) in [4.78, 5) is 27.8. The Hall–Kier alpha value is -3.65. The number of hydrogen-bond donors (Lipinski definition) is 3. The number of carbonyl (C=O) groups is 1. The van der Waals surface area contributed by atoms with E-state index < -0.39 is 0 Å². The van der Waals surface area contributed by atoms with Gasteiger partial charge in [0.2, 0.25) is 0 Å². The number of nitrogens with zero attached hydrogens (tertiary/aromatic N) is 4. The van der Waals surface area contributed by atoms with Crippen LogP contribution in [0.1, 0.15) is 33.6 Å². The number of aromatic amines is 1. The molecule has 8 nitrogen and oxygen atoms in total. The van der Waals surface area contributed by atoms with Crippen molar-refractivity contribution in [2.45, 2.75) is 26.8 Å². The average molecular weight is 401 g/mol. The summed E-state index contributed by atoms with van der Waals surface area (Å²) in [7, 11) is 0. The molecule has 0 saturated carbocycles. The Labute approximate surface area is 174 Å². The molecule has 0 atom stereocenters. The number of rotatable bonds is 7. The van der Waals surface area contributed by atoms with Gasteiger partial charge in [0.25, 0.3) is 5.91 Å². The number of hydrogen-bond acceptors (Lipinski definition) is 6. The van der Waals surface area contributed by atoms with Crippen LogP contribution in [0.25, 0.3) is 6.08 Å². The van der Waals surface area contributed by atoms with E-state index >= 15 is 0 Å². The predicted octanol–water partition coefficient (Wildman–Crippen LogP) is 2.07. The molecule has 152 valence electrons. The van der Waals surface area contributed by atoms with E-state index in [4.69, 9.17) is 0 Å². The lowest BCUT2D eigenvalue weighted by molar-refractivity contribution is -0.116. The summed E-state index contributed by atoms with van der Waals surface area (Å²) in [5.74, 6) is -0.235. The van der Waals surface area contributed by atoms with Crippen LogP contribution < -0.4 is 10.7 Å². The molecule has 0 aliphatic carbocycles. The van der Waals surface area contributed by atoms with Crippen molar-refractivity contribution in [1.29, 1.82) is 0 Å². The van der Waals surface area contributed by atoms with Crippen LogP contribution in [0.4, 0.5) is 0 Å². The lowest BCUT2D eigenvalue weighted by Gasteiger charge is -2.06. The molecular weight excluding hydrogens is 378 g/mol. The standard InChI is InChI=1S/C22H23N7O/c1-14-18(5-8-24-10-16-3-6-23-7-4-16)15(2)27-20(14)9-19-21(28-29-22(19)30)17-11-25-13-26-12-17/h3-4,6-7,9,11-13,24,27H,5,8,10H2,1-2H3,(H,29,30). The number of amides is 1. The molecule has 1 aliphatic rings. The molecule has 0 aromatic carbocycles. The Bertz CT molecular complexity index is 1100. The van der Waals surface area contributed by atoms with Crippen LogP contribution in [0.3, 0.4) is 0 Å². The third-order valence-electron chi connectivity index (χ3n) is 5.15. The summed E-state index contributed by atoms with van der Waals surface area (Å²) in [5.41, 5.74) is 9.89.